The maximum atomic E-state index is 13.6. The van der Waals surface area contributed by atoms with Crippen molar-refractivity contribution >= 4 is 34.2 Å². The van der Waals surface area contributed by atoms with Gasteiger partial charge in [0.15, 0.2) is 0 Å². The number of hydrogen-bond donors (Lipinski definition) is 0. The number of likely N-dealkylation sites (tertiary alicyclic amines) is 1. The number of aromatic nitrogens is 2. The highest BCUT2D eigenvalue weighted by Gasteiger charge is 2.32. The van der Waals surface area contributed by atoms with Crippen LogP contribution in [-0.4, -0.2) is 71.6 Å². The summed E-state index contributed by atoms with van der Waals surface area (Å²) in [5.41, 5.74) is 4.18. The molecule has 1 amide bonds. The quantitative estimate of drug-likeness (QED) is 0.293. The van der Waals surface area contributed by atoms with Gasteiger partial charge >= 0.3 is 0 Å². The molecule has 2 fully saturated rings. The van der Waals surface area contributed by atoms with Gasteiger partial charge in [0.25, 0.3) is 0 Å². The molecular weight excluding hydrogens is 541 g/mol. The minimum absolute atomic E-state index is 0.0185. The minimum Gasteiger partial charge on any atom is -0.497 e. The van der Waals surface area contributed by atoms with E-state index in [1.54, 1.807) is 19.2 Å². The van der Waals surface area contributed by atoms with Crippen LogP contribution in [0, 0.1) is 11.7 Å². The Labute approximate surface area is 245 Å². The molecule has 2 aliphatic rings. The van der Waals surface area contributed by atoms with Crippen LogP contribution in [0.5, 0.6) is 5.75 Å². The molecule has 0 aliphatic carbocycles. The van der Waals surface area contributed by atoms with Crippen LogP contribution in [0.4, 0.5) is 10.1 Å². The molecule has 3 aromatic carbocycles. The Hall–Kier alpha value is -3.62. The van der Waals surface area contributed by atoms with E-state index in [-0.39, 0.29) is 16.8 Å². The van der Waals surface area contributed by atoms with Crippen molar-refractivity contribution in [2.45, 2.75) is 25.9 Å². The third-order valence-electron chi connectivity index (χ3n) is 8.31. The van der Waals surface area contributed by atoms with Crippen molar-refractivity contribution in [1.82, 2.24) is 19.4 Å². The maximum Gasteiger partial charge on any atom is 0.227 e. The fourth-order valence-corrected chi connectivity index (χ4v) is 6.24. The molecule has 0 N–H and O–H groups in total. The fraction of sp³-hybridized carbons (Fsp3) is 0.375. The highest BCUT2D eigenvalue weighted by molar-refractivity contribution is 6.31. The SMILES string of the molecule is COc1ccc(Cn2c(CN3CCC[C@H](C(=O)N4CCN(c5ccc(F)c(Cl)c5)CC4)C3)nc3ccccc32)cc1. The molecule has 9 heteroatoms. The smallest absolute Gasteiger partial charge is 0.227 e. The van der Waals surface area contributed by atoms with Crippen molar-refractivity contribution in [3.05, 3.63) is 89.0 Å². The Morgan fingerprint density at radius 2 is 1.78 bits per heavy atom. The molecule has 214 valence electrons. The third kappa shape index (κ3) is 6.04. The Bertz CT molecular complexity index is 1520. The number of piperidine rings is 1. The summed E-state index contributed by atoms with van der Waals surface area (Å²) >= 11 is 5.99. The number of anilines is 1. The average molecular weight is 576 g/mol. The summed E-state index contributed by atoms with van der Waals surface area (Å²) in [5.74, 6) is 1.66. The molecule has 1 atom stereocenters. The fourth-order valence-electron chi connectivity index (χ4n) is 6.06. The standard InChI is InChI=1S/C32H35ClFN5O2/c1-41-26-11-8-23(9-12-26)20-39-30-7-3-2-6-29(30)35-31(39)22-36-14-4-5-24(21-36)32(40)38-17-15-37(16-18-38)25-10-13-28(34)27(33)19-25/h2-3,6-13,19,24H,4-5,14-18,20-22H2,1H3/t24-/m0/s1. The van der Waals surface area contributed by atoms with Crippen molar-refractivity contribution in [2.75, 3.05) is 51.3 Å². The van der Waals surface area contributed by atoms with Gasteiger partial charge in [-0.25, -0.2) is 9.37 Å². The van der Waals surface area contributed by atoms with Gasteiger partial charge in [-0.05, 0) is 67.4 Å². The van der Waals surface area contributed by atoms with E-state index in [0.717, 1.165) is 60.8 Å². The van der Waals surface area contributed by atoms with E-state index in [1.165, 1.54) is 11.6 Å². The first-order valence-corrected chi connectivity index (χ1v) is 14.6. The third-order valence-corrected chi connectivity index (χ3v) is 8.60. The zero-order valence-electron chi connectivity index (χ0n) is 23.3. The van der Waals surface area contributed by atoms with Gasteiger partial charge < -0.3 is 19.1 Å². The number of fused-ring (bicyclic) bond motifs is 1. The highest BCUT2D eigenvalue weighted by Crippen LogP contribution is 2.27. The van der Waals surface area contributed by atoms with Crippen LogP contribution in [0.3, 0.4) is 0 Å². The van der Waals surface area contributed by atoms with Crippen LogP contribution < -0.4 is 9.64 Å². The highest BCUT2D eigenvalue weighted by atomic mass is 35.5. The molecule has 7 nitrogen and oxygen atoms in total. The zero-order valence-corrected chi connectivity index (χ0v) is 24.1. The number of halogens is 2. The predicted octanol–water partition coefficient (Wildman–Crippen LogP) is 5.45. The van der Waals surface area contributed by atoms with Crippen molar-refractivity contribution in [3.8, 4) is 5.75 Å². The van der Waals surface area contributed by atoms with E-state index in [4.69, 9.17) is 21.3 Å². The van der Waals surface area contributed by atoms with E-state index < -0.39 is 5.82 Å². The Morgan fingerprint density at radius 3 is 2.54 bits per heavy atom. The summed E-state index contributed by atoms with van der Waals surface area (Å²) in [6.07, 6.45) is 1.90. The number of nitrogens with zero attached hydrogens (tertiary/aromatic N) is 5. The molecule has 6 rings (SSSR count). The van der Waals surface area contributed by atoms with E-state index in [1.807, 2.05) is 23.1 Å². The lowest BCUT2D eigenvalue weighted by molar-refractivity contribution is -0.137. The Balaban J connectivity index is 1.11. The number of rotatable bonds is 7. The van der Waals surface area contributed by atoms with E-state index in [0.29, 0.717) is 32.7 Å². The van der Waals surface area contributed by atoms with E-state index in [9.17, 15) is 9.18 Å². The number of imidazole rings is 1. The van der Waals surface area contributed by atoms with Crippen LogP contribution in [0.15, 0.2) is 66.7 Å². The predicted molar refractivity (Wildman–Crippen MR) is 160 cm³/mol. The summed E-state index contributed by atoms with van der Waals surface area (Å²) in [6.45, 7) is 5.84. The first-order chi connectivity index (χ1) is 20.0. The van der Waals surface area contributed by atoms with Gasteiger partial charge in [0.05, 0.1) is 35.6 Å². The number of carbonyl (C=O) groups excluding carboxylic acids is 1. The molecule has 41 heavy (non-hydrogen) atoms. The second kappa shape index (κ2) is 12.1. The lowest BCUT2D eigenvalue weighted by Gasteiger charge is -2.39. The van der Waals surface area contributed by atoms with E-state index in [2.05, 4.69) is 44.7 Å². The van der Waals surface area contributed by atoms with Crippen molar-refractivity contribution in [2.24, 2.45) is 5.92 Å². The summed E-state index contributed by atoms with van der Waals surface area (Å²) in [6, 6.07) is 21.2. The molecular formula is C32H35ClFN5O2. The molecule has 2 saturated heterocycles. The molecule has 0 radical (unpaired) electrons. The normalized spacial score (nSPS) is 18.2. The first kappa shape index (κ1) is 27.5. The topological polar surface area (TPSA) is 53.8 Å². The number of ether oxygens (including phenoxy) is 1. The number of piperazine rings is 1. The van der Waals surface area contributed by atoms with Gasteiger partial charge in [-0.3, -0.25) is 9.69 Å². The summed E-state index contributed by atoms with van der Waals surface area (Å²) in [5, 5.41) is 0.126. The van der Waals surface area contributed by atoms with Crippen LogP contribution in [0.1, 0.15) is 24.2 Å². The van der Waals surface area contributed by atoms with E-state index >= 15 is 0 Å². The van der Waals surface area contributed by atoms with Gasteiger partial charge in [-0.2, -0.15) is 0 Å². The molecule has 1 aromatic heterocycles. The van der Waals surface area contributed by atoms with Crippen molar-refractivity contribution in [1.29, 1.82) is 0 Å². The lowest BCUT2D eigenvalue weighted by Crippen LogP contribution is -2.52. The van der Waals surface area contributed by atoms with Crippen LogP contribution in [0.25, 0.3) is 11.0 Å². The van der Waals surface area contributed by atoms with Crippen LogP contribution in [-0.2, 0) is 17.9 Å². The van der Waals surface area contributed by atoms with Crippen LogP contribution >= 0.6 is 11.6 Å². The number of amides is 1. The van der Waals surface area contributed by atoms with Gasteiger partial charge in [-0.15, -0.1) is 0 Å². The van der Waals surface area contributed by atoms with Crippen molar-refractivity contribution in [3.63, 3.8) is 0 Å². The molecule has 0 spiro atoms. The Morgan fingerprint density at radius 1 is 1.00 bits per heavy atom. The maximum absolute atomic E-state index is 13.6. The number of benzene rings is 3. The number of hydrogen-bond acceptors (Lipinski definition) is 5. The lowest BCUT2D eigenvalue weighted by atomic mass is 9.96. The summed E-state index contributed by atoms with van der Waals surface area (Å²) in [7, 11) is 1.68. The monoisotopic (exact) mass is 575 g/mol. The number of carbonyl (C=O) groups is 1. The molecule has 3 heterocycles. The minimum atomic E-state index is -0.414. The zero-order chi connectivity index (χ0) is 28.3. The first-order valence-electron chi connectivity index (χ1n) is 14.3. The largest absolute Gasteiger partial charge is 0.497 e. The second-order valence-electron chi connectivity index (χ2n) is 10.9. The average Bonchev–Trinajstić information content (AvgIpc) is 3.35. The van der Waals surface area contributed by atoms with Gasteiger partial charge in [0.2, 0.25) is 5.91 Å². The number of methoxy groups -OCH3 is 1. The van der Waals surface area contributed by atoms with Crippen LogP contribution in [0.2, 0.25) is 5.02 Å². The molecule has 4 aromatic rings. The summed E-state index contributed by atoms with van der Waals surface area (Å²) in [4.78, 5) is 25.1. The molecule has 2 aliphatic heterocycles. The molecule has 0 unspecified atom stereocenters. The van der Waals surface area contributed by atoms with Gasteiger partial charge in [0.1, 0.15) is 17.4 Å². The summed E-state index contributed by atoms with van der Waals surface area (Å²) < 4.78 is 21.2. The van der Waals surface area contributed by atoms with Crippen molar-refractivity contribution < 1.29 is 13.9 Å². The molecule has 0 bridgehead atoms. The number of para-hydroxylation sites is 2. The molecule has 0 saturated carbocycles. The Kier molecular flexibility index (Phi) is 8.12. The van der Waals surface area contributed by atoms with Gasteiger partial charge in [-0.1, -0.05) is 35.9 Å². The van der Waals surface area contributed by atoms with Gasteiger partial charge in [0, 0.05) is 45.0 Å². The second-order valence-corrected chi connectivity index (χ2v) is 11.3.